The summed E-state index contributed by atoms with van der Waals surface area (Å²) in [5, 5.41) is 7.61. The van der Waals surface area contributed by atoms with Crippen LogP contribution in [0.1, 0.15) is 26.3 Å². The van der Waals surface area contributed by atoms with E-state index in [1.165, 1.54) is 37.4 Å². The first-order chi connectivity index (χ1) is 37.3. The Hall–Kier alpha value is -8.54. The summed E-state index contributed by atoms with van der Waals surface area (Å²) in [6.07, 6.45) is 1.99. The topological polar surface area (TPSA) is 33.5 Å². The number of ether oxygens (including phenoxy) is 1. The molecule has 0 saturated heterocycles. The van der Waals surface area contributed by atoms with E-state index in [4.69, 9.17) is 9.72 Å². The zero-order chi connectivity index (χ0) is 51.0. The fourth-order valence-electron chi connectivity index (χ4n) is 11.9. The number of fused-ring (bicyclic) bond motifs is 7. The molecule has 10 aromatic carbocycles. The molecule has 374 valence electrons. The van der Waals surface area contributed by atoms with Gasteiger partial charge in [-0.25, -0.2) is 4.98 Å². The Bertz CT molecular complexity index is 4080. The van der Waals surface area contributed by atoms with Crippen molar-refractivity contribution in [3.63, 3.8) is 0 Å². The van der Waals surface area contributed by atoms with Gasteiger partial charge in [-0.3, -0.25) is 0 Å². The fraction of sp³-hybridized carbons (Fsp3) is 0.0571. The molecule has 4 heterocycles. The van der Waals surface area contributed by atoms with Crippen LogP contribution in [-0.4, -0.2) is 17.6 Å². The molecule has 0 spiro atoms. The van der Waals surface area contributed by atoms with Crippen molar-refractivity contribution in [2.24, 2.45) is 0 Å². The van der Waals surface area contributed by atoms with Gasteiger partial charge in [0.15, 0.2) is 8.07 Å². The van der Waals surface area contributed by atoms with Crippen molar-refractivity contribution in [3.05, 3.63) is 273 Å². The van der Waals surface area contributed by atoms with E-state index in [0.717, 1.165) is 72.6 Å². The van der Waals surface area contributed by atoms with E-state index < -0.39 is 8.07 Å². The second-order valence-electron chi connectivity index (χ2n) is 20.8. The minimum Gasteiger partial charge on any atom is -0.509 e. The van der Waals surface area contributed by atoms with Gasteiger partial charge in [-0.2, -0.15) is 12.1 Å². The van der Waals surface area contributed by atoms with Gasteiger partial charge in [-0.1, -0.05) is 196 Å². The van der Waals surface area contributed by atoms with Gasteiger partial charge in [0.2, 0.25) is 0 Å². The van der Waals surface area contributed by atoms with Crippen LogP contribution in [0.2, 0.25) is 0 Å². The molecule has 0 N–H and O–H groups in total. The normalized spacial score (nSPS) is 13.3. The Balaban J connectivity index is 0.00000566. The molecule has 14 rings (SSSR count). The van der Waals surface area contributed by atoms with Gasteiger partial charge in [-0.15, -0.1) is 48.1 Å². The summed E-state index contributed by atoms with van der Waals surface area (Å²) in [6, 6.07) is 94.9. The second kappa shape index (κ2) is 19.2. The van der Waals surface area contributed by atoms with E-state index in [2.05, 4.69) is 278 Å². The number of hydrogen-bond donors (Lipinski definition) is 0. The molecule has 2 aliphatic rings. The van der Waals surface area contributed by atoms with Crippen LogP contribution in [0, 0.1) is 18.8 Å². The largest absolute Gasteiger partial charge is 0.509 e. The third-order valence-corrected chi connectivity index (χ3v) is 20.2. The second-order valence-corrected chi connectivity index (χ2v) is 24.5. The standard InChI is InChI=1S/C70H51N4OSi.Pt/c1-70(2,3)50-42-60(48-22-7-4-8-23-48)69(61(43-50)49-24-9-5-10-25-49)73-47-72(63-34-17-18-35-64(63)73)51-26-21-27-52(44-51)75-53-38-39-57-56-30-13-16-33-62(56)74(65(57)45-53)68-46-55(40-41-71-68)76(54-28-11-6-12-29-54)66-36-19-14-31-58(66)59-32-15-20-37-67(59)76;/h4-43,46-47H,1-3H3;/q-3;. The SMILES string of the molecule is CC(C)(C)c1cc(-c2ccccc2)c(N2[CH-]N(c3[c-]c(Oc4[c-]c5c(cc4)c4ccccc4n5-c4cc([Si]5(c6ccccc6)c6ccccc6-c6ccccc65)ccn4)ccc3)c3ccccc32)c(-c2ccccc2)c1.[Pt]. The third kappa shape index (κ3) is 7.97. The van der Waals surface area contributed by atoms with Crippen molar-refractivity contribution in [1.29, 1.82) is 0 Å². The average molecular weight is 1190 g/mol. The smallest absolute Gasteiger partial charge is 0.181 e. The Morgan fingerprint density at radius 3 is 1.71 bits per heavy atom. The van der Waals surface area contributed by atoms with E-state index in [9.17, 15) is 0 Å². The first-order valence-electron chi connectivity index (χ1n) is 26.0. The summed E-state index contributed by atoms with van der Waals surface area (Å²) in [5.41, 5.74) is 14.5. The summed E-state index contributed by atoms with van der Waals surface area (Å²) in [4.78, 5) is 9.75. The van der Waals surface area contributed by atoms with Crippen molar-refractivity contribution < 1.29 is 25.8 Å². The number of benzene rings is 10. The molecule has 0 bridgehead atoms. The van der Waals surface area contributed by atoms with Crippen molar-refractivity contribution in [2.75, 3.05) is 9.80 Å². The molecule has 0 aliphatic carbocycles. The summed E-state index contributed by atoms with van der Waals surface area (Å²) < 4.78 is 9.09. The quantitative estimate of drug-likeness (QED) is 0.107. The zero-order valence-corrected chi connectivity index (χ0v) is 46.0. The van der Waals surface area contributed by atoms with Gasteiger partial charge in [0.1, 0.15) is 5.82 Å². The number of hydrogen-bond acceptors (Lipinski definition) is 4. The maximum Gasteiger partial charge on any atom is 0.181 e. The van der Waals surface area contributed by atoms with Crippen molar-refractivity contribution in [1.82, 2.24) is 9.55 Å². The van der Waals surface area contributed by atoms with E-state index in [-0.39, 0.29) is 26.5 Å². The number of aromatic nitrogens is 2. The minimum absolute atomic E-state index is 0. The van der Waals surface area contributed by atoms with Gasteiger partial charge in [0.05, 0.1) is 0 Å². The van der Waals surface area contributed by atoms with Crippen molar-refractivity contribution in [3.8, 4) is 50.7 Å². The van der Waals surface area contributed by atoms with Gasteiger partial charge in [-0.05, 0) is 102 Å². The Kier molecular flexibility index (Phi) is 12.0. The van der Waals surface area contributed by atoms with Gasteiger partial charge in [0.25, 0.3) is 0 Å². The van der Waals surface area contributed by atoms with Crippen LogP contribution < -0.4 is 35.3 Å². The van der Waals surface area contributed by atoms with E-state index in [1.807, 2.05) is 24.4 Å². The number of para-hydroxylation sites is 3. The Labute approximate surface area is 465 Å². The molecule has 5 nitrogen and oxygen atoms in total. The van der Waals surface area contributed by atoms with Crippen LogP contribution in [0.4, 0.5) is 22.7 Å². The zero-order valence-electron chi connectivity index (χ0n) is 42.8. The molecule has 0 atom stereocenters. The van der Waals surface area contributed by atoms with E-state index >= 15 is 0 Å². The molecule has 2 aliphatic heterocycles. The predicted octanol–water partition coefficient (Wildman–Crippen LogP) is 15.0. The maximum absolute atomic E-state index is 6.84. The first-order valence-corrected chi connectivity index (χ1v) is 28.0. The number of anilines is 4. The Morgan fingerprint density at radius 2 is 1.05 bits per heavy atom. The average Bonchev–Trinajstić information content (AvgIpc) is 4.22. The fourth-order valence-corrected chi connectivity index (χ4v) is 17.1. The molecular formula is C70H51N4OPtSi-3. The molecule has 7 heteroatoms. The van der Waals surface area contributed by atoms with E-state index in [1.54, 1.807) is 0 Å². The van der Waals surface area contributed by atoms with Crippen LogP contribution in [0.25, 0.3) is 61.0 Å². The molecule has 0 radical (unpaired) electrons. The molecule has 2 aromatic heterocycles. The molecular weight excluding hydrogens is 1140 g/mol. The van der Waals surface area contributed by atoms with Gasteiger partial charge in [0, 0.05) is 72.5 Å². The number of pyridine rings is 1. The molecule has 0 fully saturated rings. The predicted molar refractivity (Wildman–Crippen MR) is 316 cm³/mol. The van der Waals surface area contributed by atoms with Crippen LogP contribution in [0.3, 0.4) is 0 Å². The van der Waals surface area contributed by atoms with E-state index in [0.29, 0.717) is 11.5 Å². The summed E-state index contributed by atoms with van der Waals surface area (Å²) in [6.45, 7) is 9.08. The monoisotopic (exact) mass is 1190 g/mol. The van der Waals surface area contributed by atoms with Crippen LogP contribution in [0.5, 0.6) is 11.5 Å². The van der Waals surface area contributed by atoms with Crippen molar-refractivity contribution >= 4 is 73.4 Å². The summed E-state index contributed by atoms with van der Waals surface area (Å²) in [5.74, 6) is 2.00. The summed E-state index contributed by atoms with van der Waals surface area (Å²) >= 11 is 0. The third-order valence-electron chi connectivity index (χ3n) is 15.4. The van der Waals surface area contributed by atoms with Crippen molar-refractivity contribution in [2.45, 2.75) is 26.2 Å². The molecule has 0 unspecified atom stereocenters. The number of nitrogens with zero attached hydrogens (tertiary/aromatic N) is 4. The van der Waals surface area contributed by atoms with Gasteiger partial charge >= 0.3 is 0 Å². The summed E-state index contributed by atoms with van der Waals surface area (Å²) in [7, 11) is -2.78. The number of rotatable bonds is 9. The molecule has 12 aromatic rings. The Morgan fingerprint density at radius 1 is 0.481 bits per heavy atom. The molecule has 0 amide bonds. The minimum atomic E-state index is -2.78. The molecule has 0 saturated carbocycles. The van der Waals surface area contributed by atoms with Crippen LogP contribution in [-0.2, 0) is 26.5 Å². The van der Waals surface area contributed by atoms with Crippen LogP contribution in [0.15, 0.2) is 249 Å². The van der Waals surface area contributed by atoms with Gasteiger partial charge < -0.3 is 19.1 Å². The first kappa shape index (κ1) is 48.1. The van der Waals surface area contributed by atoms with Crippen LogP contribution >= 0.6 is 0 Å². The molecule has 77 heavy (non-hydrogen) atoms. The maximum atomic E-state index is 6.84.